The van der Waals surface area contributed by atoms with Gasteiger partial charge in [-0.05, 0) is 18.9 Å². The SMILES string of the molecule is C=C(C)C[C@H](NC(=O)C[C@@H](O)CNC(=O)OCc1ccccc1)C(=O)OC. The minimum atomic E-state index is -1.13. The number of rotatable bonds is 10. The molecule has 0 radical (unpaired) electrons. The van der Waals surface area contributed by atoms with Crippen LogP contribution in [0.2, 0.25) is 0 Å². The van der Waals surface area contributed by atoms with E-state index in [-0.39, 0.29) is 26.0 Å². The number of benzene rings is 1. The maximum atomic E-state index is 12.0. The zero-order valence-corrected chi connectivity index (χ0v) is 15.6. The molecule has 2 amide bonds. The molecule has 0 aromatic heterocycles. The van der Waals surface area contributed by atoms with Crippen molar-refractivity contribution in [2.45, 2.75) is 38.5 Å². The summed E-state index contributed by atoms with van der Waals surface area (Å²) in [6.07, 6.45) is -1.88. The van der Waals surface area contributed by atoms with E-state index >= 15 is 0 Å². The zero-order chi connectivity index (χ0) is 20.2. The molecule has 3 N–H and O–H groups in total. The second-order valence-electron chi connectivity index (χ2n) is 6.11. The lowest BCUT2D eigenvalue weighted by atomic mass is 10.1. The highest BCUT2D eigenvalue weighted by Gasteiger charge is 2.22. The van der Waals surface area contributed by atoms with E-state index in [0.29, 0.717) is 5.57 Å². The first-order valence-electron chi connectivity index (χ1n) is 8.46. The summed E-state index contributed by atoms with van der Waals surface area (Å²) in [4.78, 5) is 35.2. The van der Waals surface area contributed by atoms with Gasteiger partial charge in [0.15, 0.2) is 0 Å². The molecule has 1 aromatic rings. The van der Waals surface area contributed by atoms with Gasteiger partial charge in [0.05, 0.1) is 19.6 Å². The van der Waals surface area contributed by atoms with Crippen molar-refractivity contribution in [2.24, 2.45) is 0 Å². The van der Waals surface area contributed by atoms with E-state index < -0.39 is 30.1 Å². The van der Waals surface area contributed by atoms with Crippen LogP contribution in [0.4, 0.5) is 4.79 Å². The maximum absolute atomic E-state index is 12.0. The molecule has 0 fully saturated rings. The molecular formula is C19H26N2O6. The third kappa shape index (κ3) is 9.41. The number of nitrogens with one attached hydrogen (secondary N) is 2. The molecule has 0 bridgehead atoms. The number of aliphatic hydroxyl groups is 1. The summed E-state index contributed by atoms with van der Waals surface area (Å²) in [5, 5.41) is 14.7. The van der Waals surface area contributed by atoms with Crippen LogP contribution >= 0.6 is 0 Å². The van der Waals surface area contributed by atoms with Crippen molar-refractivity contribution in [3.05, 3.63) is 48.0 Å². The molecular weight excluding hydrogens is 352 g/mol. The number of amides is 2. The van der Waals surface area contributed by atoms with Gasteiger partial charge in [0.1, 0.15) is 12.6 Å². The number of aliphatic hydroxyl groups excluding tert-OH is 1. The topological polar surface area (TPSA) is 114 Å². The van der Waals surface area contributed by atoms with Crippen LogP contribution in [0.3, 0.4) is 0 Å². The Labute approximate surface area is 158 Å². The summed E-state index contributed by atoms with van der Waals surface area (Å²) in [6, 6.07) is 8.27. The second-order valence-corrected chi connectivity index (χ2v) is 6.11. The number of methoxy groups -OCH3 is 1. The highest BCUT2D eigenvalue weighted by molar-refractivity contribution is 5.84. The molecule has 8 heteroatoms. The van der Waals surface area contributed by atoms with E-state index in [0.717, 1.165) is 5.56 Å². The van der Waals surface area contributed by atoms with Gasteiger partial charge in [0.25, 0.3) is 0 Å². The van der Waals surface area contributed by atoms with Crippen LogP contribution in [0, 0.1) is 0 Å². The van der Waals surface area contributed by atoms with E-state index in [1.54, 1.807) is 6.92 Å². The lowest BCUT2D eigenvalue weighted by Gasteiger charge is -2.18. The van der Waals surface area contributed by atoms with Crippen LogP contribution in [-0.2, 0) is 25.7 Å². The largest absolute Gasteiger partial charge is 0.467 e. The summed E-state index contributed by atoms with van der Waals surface area (Å²) in [5.41, 5.74) is 1.54. The predicted octanol–water partition coefficient (Wildman–Crippen LogP) is 1.29. The van der Waals surface area contributed by atoms with Crippen molar-refractivity contribution >= 4 is 18.0 Å². The Kier molecular flexibility index (Phi) is 9.60. The van der Waals surface area contributed by atoms with Crippen molar-refractivity contribution in [3.63, 3.8) is 0 Å². The smallest absolute Gasteiger partial charge is 0.407 e. The number of hydrogen-bond donors (Lipinski definition) is 3. The molecule has 0 spiro atoms. The zero-order valence-electron chi connectivity index (χ0n) is 15.6. The average molecular weight is 378 g/mol. The van der Waals surface area contributed by atoms with Gasteiger partial charge in [-0.15, -0.1) is 6.58 Å². The molecule has 1 aromatic carbocycles. The summed E-state index contributed by atoms with van der Waals surface area (Å²) in [7, 11) is 1.22. The van der Waals surface area contributed by atoms with Crippen molar-refractivity contribution in [1.82, 2.24) is 10.6 Å². The molecule has 148 valence electrons. The van der Waals surface area contributed by atoms with Crippen LogP contribution in [-0.4, -0.2) is 48.9 Å². The van der Waals surface area contributed by atoms with Crippen LogP contribution in [0.1, 0.15) is 25.3 Å². The van der Waals surface area contributed by atoms with Gasteiger partial charge in [-0.1, -0.05) is 35.9 Å². The highest BCUT2D eigenvalue weighted by Crippen LogP contribution is 2.05. The van der Waals surface area contributed by atoms with Crippen LogP contribution in [0.5, 0.6) is 0 Å². The molecule has 2 atom stereocenters. The van der Waals surface area contributed by atoms with Crippen molar-refractivity contribution in [2.75, 3.05) is 13.7 Å². The number of alkyl carbamates (subject to hydrolysis) is 1. The Hall–Kier alpha value is -2.87. The first-order chi connectivity index (χ1) is 12.8. The fraction of sp³-hybridized carbons (Fsp3) is 0.421. The third-order valence-electron chi connectivity index (χ3n) is 3.49. The fourth-order valence-corrected chi connectivity index (χ4v) is 2.20. The maximum Gasteiger partial charge on any atom is 0.407 e. The summed E-state index contributed by atoms with van der Waals surface area (Å²) < 4.78 is 9.64. The van der Waals surface area contributed by atoms with Gasteiger partial charge in [-0.25, -0.2) is 9.59 Å². The first kappa shape index (κ1) is 22.2. The molecule has 8 nitrogen and oxygen atoms in total. The molecule has 0 saturated heterocycles. The number of carbonyl (C=O) groups excluding carboxylic acids is 3. The highest BCUT2D eigenvalue weighted by atomic mass is 16.5. The molecule has 0 saturated carbocycles. The minimum absolute atomic E-state index is 0.102. The Morgan fingerprint density at radius 1 is 1.19 bits per heavy atom. The molecule has 0 heterocycles. The van der Waals surface area contributed by atoms with Crippen LogP contribution in [0.25, 0.3) is 0 Å². The predicted molar refractivity (Wildman–Crippen MR) is 98.6 cm³/mol. The molecule has 0 aliphatic carbocycles. The standard InChI is InChI=1S/C19H26N2O6/c1-13(2)9-16(18(24)26-3)21-17(23)10-15(22)11-20-19(25)27-12-14-7-5-4-6-8-14/h4-8,15-16,22H,1,9-12H2,2-3H3,(H,20,25)(H,21,23)/t15-,16+/m1/s1. The molecule has 27 heavy (non-hydrogen) atoms. The van der Waals surface area contributed by atoms with Gasteiger partial charge >= 0.3 is 12.1 Å². The number of carbonyl (C=O) groups is 3. The van der Waals surface area contributed by atoms with E-state index in [1.165, 1.54) is 7.11 Å². The lowest BCUT2D eigenvalue weighted by molar-refractivity contribution is -0.145. The van der Waals surface area contributed by atoms with Crippen molar-refractivity contribution in [1.29, 1.82) is 0 Å². The Balaban J connectivity index is 2.34. The fourth-order valence-electron chi connectivity index (χ4n) is 2.20. The number of esters is 1. The summed E-state index contributed by atoms with van der Waals surface area (Å²) in [6.45, 7) is 5.36. The van der Waals surface area contributed by atoms with Crippen molar-refractivity contribution < 1.29 is 29.0 Å². The van der Waals surface area contributed by atoms with E-state index in [2.05, 4.69) is 21.9 Å². The van der Waals surface area contributed by atoms with E-state index in [1.807, 2.05) is 30.3 Å². The summed E-state index contributed by atoms with van der Waals surface area (Å²) >= 11 is 0. The van der Waals surface area contributed by atoms with Crippen LogP contribution in [0.15, 0.2) is 42.5 Å². The lowest BCUT2D eigenvalue weighted by Crippen LogP contribution is -2.44. The van der Waals surface area contributed by atoms with Gasteiger partial charge in [-0.2, -0.15) is 0 Å². The average Bonchev–Trinajstić information content (AvgIpc) is 2.63. The summed E-state index contributed by atoms with van der Waals surface area (Å²) in [5.74, 6) is -1.14. The third-order valence-corrected chi connectivity index (χ3v) is 3.49. The normalized spacial score (nSPS) is 12.4. The van der Waals surface area contributed by atoms with E-state index in [4.69, 9.17) is 4.74 Å². The Bertz CT molecular complexity index is 647. The monoisotopic (exact) mass is 378 g/mol. The second kappa shape index (κ2) is 11.7. The van der Waals surface area contributed by atoms with Gasteiger partial charge < -0.3 is 25.2 Å². The van der Waals surface area contributed by atoms with Crippen LogP contribution < -0.4 is 10.6 Å². The van der Waals surface area contributed by atoms with Crippen molar-refractivity contribution in [3.8, 4) is 0 Å². The van der Waals surface area contributed by atoms with Gasteiger partial charge in [-0.3, -0.25) is 4.79 Å². The number of hydrogen-bond acceptors (Lipinski definition) is 6. The molecule has 1 rings (SSSR count). The van der Waals surface area contributed by atoms with E-state index in [9.17, 15) is 19.5 Å². The van der Waals surface area contributed by atoms with Gasteiger partial charge in [0, 0.05) is 6.54 Å². The molecule has 0 aliphatic rings. The Morgan fingerprint density at radius 2 is 1.85 bits per heavy atom. The molecule has 0 unspecified atom stereocenters. The number of ether oxygens (including phenoxy) is 2. The molecule has 0 aliphatic heterocycles. The van der Waals surface area contributed by atoms with Gasteiger partial charge in [0.2, 0.25) is 5.91 Å². The Morgan fingerprint density at radius 3 is 2.44 bits per heavy atom. The minimum Gasteiger partial charge on any atom is -0.467 e. The first-order valence-corrected chi connectivity index (χ1v) is 8.46. The quantitative estimate of drug-likeness (QED) is 0.418.